The van der Waals surface area contributed by atoms with Gasteiger partial charge in [0.15, 0.2) is 5.78 Å². The Bertz CT molecular complexity index is 630. The molecule has 4 heteroatoms. The Kier molecular flexibility index (Phi) is 4.32. The number of aromatic nitrogens is 1. The summed E-state index contributed by atoms with van der Waals surface area (Å²) in [5.74, 6) is 0.0621. The van der Waals surface area contributed by atoms with Gasteiger partial charge in [0.25, 0.3) is 0 Å². The van der Waals surface area contributed by atoms with Gasteiger partial charge in [0.05, 0.1) is 6.61 Å². The molecule has 1 aliphatic heterocycles. The molecule has 4 nitrogen and oxygen atoms in total. The normalized spacial score (nSPS) is 22.4. The van der Waals surface area contributed by atoms with Crippen molar-refractivity contribution < 1.29 is 9.53 Å². The molecule has 0 amide bonds. The summed E-state index contributed by atoms with van der Waals surface area (Å²) in [7, 11) is 1.95. The van der Waals surface area contributed by atoms with Crippen molar-refractivity contribution in [1.82, 2.24) is 9.88 Å². The molecule has 0 N–H and O–H groups in total. The fourth-order valence-corrected chi connectivity index (χ4v) is 3.03. The lowest BCUT2D eigenvalue weighted by atomic mass is 9.91. The summed E-state index contributed by atoms with van der Waals surface area (Å²) in [6, 6.07) is 13.5. The van der Waals surface area contributed by atoms with E-state index in [-0.39, 0.29) is 5.78 Å². The van der Waals surface area contributed by atoms with E-state index < -0.39 is 5.72 Å². The summed E-state index contributed by atoms with van der Waals surface area (Å²) in [6.07, 6.45) is 4.70. The highest BCUT2D eigenvalue weighted by Gasteiger charge is 2.46. The van der Waals surface area contributed by atoms with Gasteiger partial charge in [0.1, 0.15) is 0 Å². The van der Waals surface area contributed by atoms with E-state index in [2.05, 4.69) is 4.98 Å². The minimum Gasteiger partial charge on any atom is -0.349 e. The fourth-order valence-electron chi connectivity index (χ4n) is 3.03. The van der Waals surface area contributed by atoms with Crippen molar-refractivity contribution in [3.8, 4) is 0 Å². The number of hydrogen-bond donors (Lipinski definition) is 0. The fraction of sp³-hybridized carbons (Fsp3) is 0.333. The monoisotopic (exact) mass is 296 g/mol. The number of ketones is 1. The lowest BCUT2D eigenvalue weighted by molar-refractivity contribution is -0.193. The summed E-state index contributed by atoms with van der Waals surface area (Å²) in [5, 5.41) is 0. The number of carbonyl (C=O) groups is 1. The Morgan fingerprint density at radius 2 is 1.95 bits per heavy atom. The lowest BCUT2D eigenvalue weighted by Crippen LogP contribution is -2.56. The molecule has 0 radical (unpaired) electrons. The number of nitrogens with zero attached hydrogens (tertiary/aromatic N) is 2. The number of hydrogen-bond acceptors (Lipinski definition) is 4. The van der Waals surface area contributed by atoms with Gasteiger partial charge in [0.2, 0.25) is 5.72 Å². The van der Waals surface area contributed by atoms with Gasteiger partial charge in [-0.25, -0.2) is 0 Å². The molecule has 2 heterocycles. The highest BCUT2D eigenvalue weighted by molar-refractivity contribution is 5.90. The third-order valence-corrected chi connectivity index (χ3v) is 4.14. The molecule has 0 saturated carbocycles. The molecule has 0 spiro atoms. The third kappa shape index (κ3) is 2.67. The molecule has 1 aliphatic rings. The van der Waals surface area contributed by atoms with Gasteiger partial charge in [-0.2, -0.15) is 0 Å². The van der Waals surface area contributed by atoms with E-state index >= 15 is 0 Å². The molecule has 114 valence electrons. The molecule has 1 unspecified atom stereocenters. The summed E-state index contributed by atoms with van der Waals surface area (Å²) >= 11 is 0. The van der Waals surface area contributed by atoms with Crippen molar-refractivity contribution in [1.29, 1.82) is 0 Å². The van der Waals surface area contributed by atoms with Crippen LogP contribution in [0.1, 0.15) is 17.5 Å². The first kappa shape index (κ1) is 14.9. The summed E-state index contributed by atoms with van der Waals surface area (Å²) in [6.45, 7) is 1.43. The van der Waals surface area contributed by atoms with E-state index in [1.807, 2.05) is 54.4 Å². The average molecular weight is 296 g/mol. The zero-order chi connectivity index (χ0) is 15.4. The molecule has 1 fully saturated rings. The zero-order valence-corrected chi connectivity index (χ0v) is 12.7. The van der Waals surface area contributed by atoms with Gasteiger partial charge >= 0.3 is 0 Å². The molecule has 22 heavy (non-hydrogen) atoms. The van der Waals surface area contributed by atoms with Crippen molar-refractivity contribution in [2.24, 2.45) is 0 Å². The summed E-state index contributed by atoms with van der Waals surface area (Å²) < 4.78 is 6.05. The lowest BCUT2D eigenvalue weighted by Gasteiger charge is -2.43. The minimum absolute atomic E-state index is 0.0621. The number of likely N-dealkylation sites (N-methyl/N-ethyl adjacent to an activating group) is 1. The number of pyridine rings is 1. The second kappa shape index (κ2) is 6.38. The van der Waals surface area contributed by atoms with Crippen molar-refractivity contribution in [3.05, 3.63) is 66.0 Å². The standard InChI is InChI=1S/C18H20N2O2/c1-20-12-5-13-22-18(20,16-8-10-19-11-9-16)17(21)14-15-6-3-2-4-7-15/h2-4,6-11H,5,12-14H2,1H3. The molecule has 1 aromatic carbocycles. The van der Waals surface area contributed by atoms with Crippen LogP contribution in [0.15, 0.2) is 54.9 Å². The van der Waals surface area contributed by atoms with Crippen LogP contribution in [0.5, 0.6) is 0 Å². The van der Waals surface area contributed by atoms with Crippen LogP contribution >= 0.6 is 0 Å². The molecule has 0 aliphatic carbocycles. The van der Waals surface area contributed by atoms with E-state index in [1.165, 1.54) is 0 Å². The van der Waals surface area contributed by atoms with Crippen molar-refractivity contribution >= 4 is 5.78 Å². The maximum absolute atomic E-state index is 13.1. The Hall–Kier alpha value is -2.04. The molecule has 3 rings (SSSR count). The van der Waals surface area contributed by atoms with Gasteiger partial charge in [-0.05, 0) is 31.2 Å². The van der Waals surface area contributed by atoms with Crippen LogP contribution in [0, 0.1) is 0 Å². The highest BCUT2D eigenvalue weighted by atomic mass is 16.5. The van der Waals surface area contributed by atoms with Gasteiger partial charge in [0, 0.05) is 30.9 Å². The van der Waals surface area contributed by atoms with Crippen LogP contribution in [0.3, 0.4) is 0 Å². The van der Waals surface area contributed by atoms with E-state index in [0.29, 0.717) is 13.0 Å². The summed E-state index contributed by atoms with van der Waals surface area (Å²) in [5.41, 5.74) is 0.853. The van der Waals surface area contributed by atoms with Gasteiger partial charge in [-0.3, -0.25) is 14.7 Å². The van der Waals surface area contributed by atoms with E-state index in [4.69, 9.17) is 4.74 Å². The van der Waals surface area contributed by atoms with E-state index in [1.54, 1.807) is 12.4 Å². The Morgan fingerprint density at radius 3 is 2.64 bits per heavy atom. The SMILES string of the molecule is CN1CCCOC1(C(=O)Cc1ccccc1)c1ccncc1. The van der Waals surface area contributed by atoms with Gasteiger partial charge in [-0.15, -0.1) is 0 Å². The Labute approximate surface area is 130 Å². The minimum atomic E-state index is -1.00. The predicted molar refractivity (Wildman–Crippen MR) is 84.3 cm³/mol. The van der Waals surface area contributed by atoms with Crippen LogP contribution in [-0.4, -0.2) is 35.9 Å². The largest absolute Gasteiger partial charge is 0.349 e. The van der Waals surface area contributed by atoms with Crippen molar-refractivity contribution in [3.63, 3.8) is 0 Å². The zero-order valence-electron chi connectivity index (χ0n) is 12.7. The van der Waals surface area contributed by atoms with Crippen molar-refractivity contribution in [2.45, 2.75) is 18.6 Å². The maximum atomic E-state index is 13.1. The molecular weight excluding hydrogens is 276 g/mol. The number of carbonyl (C=O) groups excluding carboxylic acids is 1. The highest BCUT2D eigenvalue weighted by Crippen LogP contribution is 2.34. The predicted octanol–water partition coefficient (Wildman–Crippen LogP) is 2.40. The van der Waals surface area contributed by atoms with E-state index in [9.17, 15) is 4.79 Å². The number of ether oxygens (including phenoxy) is 1. The Morgan fingerprint density at radius 1 is 1.23 bits per heavy atom. The molecule has 1 saturated heterocycles. The molecule has 1 atom stereocenters. The first-order valence-corrected chi connectivity index (χ1v) is 7.56. The second-order valence-electron chi connectivity index (χ2n) is 5.59. The van der Waals surface area contributed by atoms with E-state index in [0.717, 1.165) is 24.1 Å². The van der Waals surface area contributed by atoms with Crippen LogP contribution in [0.25, 0.3) is 0 Å². The van der Waals surface area contributed by atoms with Crippen LogP contribution in [0.2, 0.25) is 0 Å². The average Bonchev–Trinajstić information content (AvgIpc) is 2.57. The first-order chi connectivity index (χ1) is 10.7. The smallest absolute Gasteiger partial charge is 0.207 e. The maximum Gasteiger partial charge on any atom is 0.207 e. The van der Waals surface area contributed by atoms with Gasteiger partial charge in [-0.1, -0.05) is 30.3 Å². The molecule has 1 aromatic heterocycles. The van der Waals surface area contributed by atoms with Crippen LogP contribution in [0.4, 0.5) is 0 Å². The Balaban J connectivity index is 1.97. The number of Topliss-reactive ketones (excluding diaryl/α,β-unsaturated/α-hetero) is 1. The molecular formula is C18H20N2O2. The third-order valence-electron chi connectivity index (χ3n) is 4.14. The summed E-state index contributed by atoms with van der Waals surface area (Å²) in [4.78, 5) is 19.2. The van der Waals surface area contributed by atoms with Crippen LogP contribution in [-0.2, 0) is 21.7 Å². The quantitative estimate of drug-likeness (QED) is 0.869. The van der Waals surface area contributed by atoms with Crippen molar-refractivity contribution in [2.75, 3.05) is 20.2 Å². The topological polar surface area (TPSA) is 42.4 Å². The van der Waals surface area contributed by atoms with Crippen LogP contribution < -0.4 is 0 Å². The molecule has 2 aromatic rings. The first-order valence-electron chi connectivity index (χ1n) is 7.56. The molecule has 0 bridgehead atoms. The van der Waals surface area contributed by atoms with Gasteiger partial charge < -0.3 is 4.74 Å². The second-order valence-corrected chi connectivity index (χ2v) is 5.59. The number of rotatable bonds is 4. The number of benzene rings is 1.